The highest BCUT2D eigenvalue weighted by molar-refractivity contribution is 14.0. The van der Waals surface area contributed by atoms with Crippen molar-refractivity contribution >= 4 is 41.7 Å². The lowest BCUT2D eigenvalue weighted by Crippen LogP contribution is -2.37. The Hall–Kier alpha value is -0.630. The minimum atomic E-state index is 0. The third kappa shape index (κ3) is 11.0. The lowest BCUT2D eigenvalue weighted by Gasteiger charge is -2.13. The lowest BCUT2D eigenvalue weighted by molar-refractivity contribution is 0.271. The Bertz CT molecular complexity index is 469. The fourth-order valence-electron chi connectivity index (χ4n) is 1.99. The Balaban J connectivity index is 0.00000529. The summed E-state index contributed by atoms with van der Waals surface area (Å²) in [7, 11) is 1.80. The maximum atomic E-state index is 5.77. The number of thioether (sulfide) groups is 1. The molecule has 6 heteroatoms. The summed E-state index contributed by atoms with van der Waals surface area (Å²) >= 11 is 1.90. The second kappa shape index (κ2) is 14.7. The Morgan fingerprint density at radius 2 is 2.04 bits per heavy atom. The number of aliphatic imine (C=N–C) groups is 1. The van der Waals surface area contributed by atoms with Crippen molar-refractivity contribution in [1.82, 2.24) is 10.6 Å². The van der Waals surface area contributed by atoms with E-state index < -0.39 is 0 Å². The molecule has 0 aromatic heterocycles. The number of ether oxygens (including phenoxy) is 1. The molecule has 0 amide bonds. The van der Waals surface area contributed by atoms with Gasteiger partial charge in [-0.1, -0.05) is 26.0 Å². The minimum absolute atomic E-state index is 0. The lowest BCUT2D eigenvalue weighted by atomic mass is 10.2. The van der Waals surface area contributed by atoms with Gasteiger partial charge in [0.15, 0.2) is 5.96 Å². The Kier molecular flexibility index (Phi) is 14.3. The van der Waals surface area contributed by atoms with E-state index in [-0.39, 0.29) is 24.0 Å². The van der Waals surface area contributed by atoms with Crippen LogP contribution in [0.4, 0.5) is 0 Å². The SMILES string of the molecule is CN=C(NCCCCSC)NCc1cccc(OCC(C)C)c1.I. The van der Waals surface area contributed by atoms with Crippen LogP contribution in [-0.2, 0) is 6.54 Å². The highest BCUT2D eigenvalue weighted by Crippen LogP contribution is 2.14. The smallest absolute Gasteiger partial charge is 0.191 e. The molecular weight excluding hydrogens is 433 g/mol. The molecule has 0 bridgehead atoms. The number of nitrogens with zero attached hydrogens (tertiary/aromatic N) is 1. The zero-order valence-electron chi connectivity index (χ0n) is 15.3. The molecule has 0 aliphatic rings. The number of hydrogen-bond donors (Lipinski definition) is 2. The summed E-state index contributed by atoms with van der Waals surface area (Å²) in [5.41, 5.74) is 1.19. The van der Waals surface area contributed by atoms with E-state index in [2.05, 4.69) is 47.9 Å². The zero-order valence-corrected chi connectivity index (χ0v) is 18.4. The van der Waals surface area contributed by atoms with Crippen LogP contribution in [0.2, 0.25) is 0 Å². The number of rotatable bonds is 10. The van der Waals surface area contributed by atoms with E-state index in [1.807, 2.05) is 23.9 Å². The largest absolute Gasteiger partial charge is 0.493 e. The molecule has 0 saturated heterocycles. The Labute approximate surface area is 168 Å². The van der Waals surface area contributed by atoms with E-state index in [1.54, 1.807) is 7.05 Å². The van der Waals surface area contributed by atoms with Gasteiger partial charge in [0.1, 0.15) is 5.75 Å². The maximum absolute atomic E-state index is 5.77. The molecule has 138 valence electrons. The first-order chi connectivity index (χ1) is 11.2. The summed E-state index contributed by atoms with van der Waals surface area (Å²) in [6.07, 6.45) is 4.55. The molecule has 0 fully saturated rings. The van der Waals surface area contributed by atoms with E-state index in [9.17, 15) is 0 Å². The van der Waals surface area contributed by atoms with Crippen molar-refractivity contribution in [3.05, 3.63) is 29.8 Å². The number of nitrogens with one attached hydrogen (secondary N) is 2. The predicted octanol–water partition coefficient (Wildman–Crippen LogP) is 4.15. The zero-order chi connectivity index (χ0) is 16.9. The van der Waals surface area contributed by atoms with Crippen LogP contribution in [-0.4, -0.2) is 38.2 Å². The van der Waals surface area contributed by atoms with Gasteiger partial charge in [-0.25, -0.2) is 0 Å². The molecule has 0 spiro atoms. The van der Waals surface area contributed by atoms with Crippen LogP contribution in [0.1, 0.15) is 32.3 Å². The molecule has 0 aliphatic heterocycles. The quantitative estimate of drug-likeness (QED) is 0.236. The second-order valence-corrected chi connectivity index (χ2v) is 6.89. The van der Waals surface area contributed by atoms with Crippen LogP contribution in [0.3, 0.4) is 0 Å². The van der Waals surface area contributed by atoms with Crippen molar-refractivity contribution in [3.63, 3.8) is 0 Å². The molecule has 0 atom stereocenters. The fraction of sp³-hybridized carbons (Fsp3) is 0.611. The van der Waals surface area contributed by atoms with Gasteiger partial charge in [0.05, 0.1) is 6.61 Å². The molecule has 0 radical (unpaired) electrons. The first kappa shape index (κ1) is 23.4. The van der Waals surface area contributed by atoms with Crippen LogP contribution in [0.5, 0.6) is 5.75 Å². The molecule has 1 aromatic carbocycles. The summed E-state index contributed by atoms with van der Waals surface area (Å²) in [4.78, 5) is 4.26. The summed E-state index contributed by atoms with van der Waals surface area (Å²) < 4.78 is 5.77. The van der Waals surface area contributed by atoms with Crippen molar-refractivity contribution in [2.24, 2.45) is 10.9 Å². The summed E-state index contributed by atoms with van der Waals surface area (Å²) in [6, 6.07) is 8.22. The third-order valence-electron chi connectivity index (χ3n) is 3.23. The highest BCUT2D eigenvalue weighted by atomic mass is 127. The second-order valence-electron chi connectivity index (χ2n) is 5.90. The van der Waals surface area contributed by atoms with Gasteiger partial charge >= 0.3 is 0 Å². The molecule has 0 unspecified atom stereocenters. The Morgan fingerprint density at radius 1 is 1.25 bits per heavy atom. The van der Waals surface area contributed by atoms with Crippen LogP contribution in [0, 0.1) is 5.92 Å². The molecule has 24 heavy (non-hydrogen) atoms. The van der Waals surface area contributed by atoms with E-state index in [0.29, 0.717) is 5.92 Å². The normalized spacial score (nSPS) is 11.1. The van der Waals surface area contributed by atoms with Crippen LogP contribution >= 0.6 is 35.7 Å². The van der Waals surface area contributed by atoms with Gasteiger partial charge in [-0.15, -0.1) is 24.0 Å². The molecular formula is C18H32IN3OS. The molecule has 2 N–H and O–H groups in total. The van der Waals surface area contributed by atoms with Crippen LogP contribution in [0.15, 0.2) is 29.3 Å². The maximum Gasteiger partial charge on any atom is 0.191 e. The highest BCUT2D eigenvalue weighted by Gasteiger charge is 2.01. The topological polar surface area (TPSA) is 45.7 Å². The number of halogens is 1. The van der Waals surface area contributed by atoms with Crippen LogP contribution in [0.25, 0.3) is 0 Å². The van der Waals surface area contributed by atoms with Gasteiger partial charge in [0, 0.05) is 20.1 Å². The van der Waals surface area contributed by atoms with Crippen molar-refractivity contribution in [2.75, 3.05) is 32.2 Å². The van der Waals surface area contributed by atoms with Gasteiger partial charge in [-0.3, -0.25) is 4.99 Å². The first-order valence-corrected chi connectivity index (χ1v) is 9.70. The van der Waals surface area contributed by atoms with Crippen molar-refractivity contribution < 1.29 is 4.74 Å². The number of benzene rings is 1. The molecule has 0 aliphatic carbocycles. The number of hydrogen-bond acceptors (Lipinski definition) is 3. The average molecular weight is 465 g/mol. The van der Waals surface area contributed by atoms with Crippen molar-refractivity contribution in [1.29, 1.82) is 0 Å². The summed E-state index contributed by atoms with van der Waals surface area (Å²) in [5, 5.41) is 6.70. The van der Waals surface area contributed by atoms with Gasteiger partial charge in [0.25, 0.3) is 0 Å². The van der Waals surface area contributed by atoms with E-state index in [1.165, 1.54) is 24.2 Å². The van der Waals surface area contributed by atoms with Gasteiger partial charge in [-0.05, 0) is 48.5 Å². The Morgan fingerprint density at radius 3 is 2.71 bits per heavy atom. The number of guanidine groups is 1. The standard InChI is InChI=1S/C18H31N3OS.HI/c1-15(2)14-22-17-9-7-8-16(12-17)13-21-18(19-3)20-10-5-6-11-23-4;/h7-9,12,15H,5-6,10-11,13-14H2,1-4H3,(H2,19,20,21);1H. The molecule has 0 saturated carbocycles. The fourth-order valence-corrected chi connectivity index (χ4v) is 2.49. The van der Waals surface area contributed by atoms with Gasteiger partial charge in [-0.2, -0.15) is 11.8 Å². The summed E-state index contributed by atoms with van der Waals surface area (Å²) in [5.74, 6) is 3.53. The van der Waals surface area contributed by atoms with Gasteiger partial charge in [0.2, 0.25) is 0 Å². The predicted molar refractivity (Wildman–Crippen MR) is 118 cm³/mol. The van der Waals surface area contributed by atoms with Crippen LogP contribution < -0.4 is 15.4 Å². The minimum Gasteiger partial charge on any atom is -0.493 e. The van der Waals surface area contributed by atoms with E-state index in [0.717, 1.165) is 31.4 Å². The van der Waals surface area contributed by atoms with Crippen molar-refractivity contribution in [3.8, 4) is 5.75 Å². The molecule has 1 aromatic rings. The van der Waals surface area contributed by atoms with Crippen molar-refractivity contribution in [2.45, 2.75) is 33.2 Å². The van der Waals surface area contributed by atoms with Gasteiger partial charge < -0.3 is 15.4 Å². The molecule has 0 heterocycles. The van der Waals surface area contributed by atoms with E-state index >= 15 is 0 Å². The monoisotopic (exact) mass is 465 g/mol. The number of unbranched alkanes of at least 4 members (excludes halogenated alkanes) is 1. The first-order valence-electron chi connectivity index (χ1n) is 8.31. The van der Waals surface area contributed by atoms with E-state index in [4.69, 9.17) is 4.74 Å². The molecule has 4 nitrogen and oxygen atoms in total. The third-order valence-corrected chi connectivity index (χ3v) is 3.93. The average Bonchev–Trinajstić information content (AvgIpc) is 2.56. The summed E-state index contributed by atoms with van der Waals surface area (Å²) in [6.45, 7) is 6.75. The molecule has 1 rings (SSSR count).